The molecular weight excluding hydrogens is 256 g/mol. The molecule has 1 unspecified atom stereocenters. The van der Waals surface area contributed by atoms with E-state index in [4.69, 9.17) is 5.84 Å². The molecule has 0 bridgehead atoms. The monoisotopic (exact) mass is 276 g/mol. The molecule has 0 saturated carbocycles. The van der Waals surface area contributed by atoms with Crippen LogP contribution in [0, 0.1) is 13.8 Å². The Morgan fingerprint density at radius 3 is 2.38 bits per heavy atom. The Labute approximate surface area is 125 Å². The number of hydrogen-bond acceptors (Lipinski definition) is 2. The highest BCUT2D eigenvalue weighted by atomic mass is 15.2. The number of rotatable bonds is 3. The fourth-order valence-electron chi connectivity index (χ4n) is 2.84. The predicted octanol–water partition coefficient (Wildman–Crippen LogP) is 4.01. The molecule has 0 saturated heterocycles. The van der Waals surface area contributed by atoms with Crippen molar-refractivity contribution in [2.45, 2.75) is 19.9 Å². The molecule has 0 aliphatic rings. The second-order valence-corrected chi connectivity index (χ2v) is 5.50. The van der Waals surface area contributed by atoms with E-state index in [2.05, 4.69) is 79.9 Å². The van der Waals surface area contributed by atoms with Gasteiger partial charge in [0.2, 0.25) is 0 Å². The third-order valence-electron chi connectivity index (χ3n) is 4.23. The van der Waals surface area contributed by atoms with Crippen LogP contribution in [-0.4, -0.2) is 0 Å². The van der Waals surface area contributed by atoms with Crippen LogP contribution in [0.3, 0.4) is 0 Å². The van der Waals surface area contributed by atoms with Gasteiger partial charge in [0.05, 0.1) is 6.04 Å². The van der Waals surface area contributed by atoms with Crippen molar-refractivity contribution in [2.24, 2.45) is 5.84 Å². The molecule has 3 aromatic rings. The molecular formula is C19H20N2. The molecule has 0 heterocycles. The topological polar surface area (TPSA) is 38.0 Å². The molecule has 3 aromatic carbocycles. The summed E-state index contributed by atoms with van der Waals surface area (Å²) in [5.41, 5.74) is 7.95. The SMILES string of the molecule is Cc1cccc(C(NN)c2ccc3ccccc3c2)c1C. The van der Waals surface area contributed by atoms with Crippen LogP contribution < -0.4 is 11.3 Å². The molecule has 0 spiro atoms. The third-order valence-corrected chi connectivity index (χ3v) is 4.23. The summed E-state index contributed by atoms with van der Waals surface area (Å²) in [5, 5.41) is 2.48. The molecule has 3 N–H and O–H groups in total. The van der Waals surface area contributed by atoms with Gasteiger partial charge in [0, 0.05) is 0 Å². The quantitative estimate of drug-likeness (QED) is 0.560. The Balaban J connectivity index is 2.11. The molecule has 2 nitrogen and oxygen atoms in total. The Morgan fingerprint density at radius 2 is 1.62 bits per heavy atom. The van der Waals surface area contributed by atoms with Gasteiger partial charge in [0.1, 0.15) is 0 Å². The summed E-state index contributed by atoms with van der Waals surface area (Å²) in [6.45, 7) is 4.28. The first kappa shape index (κ1) is 13.8. The zero-order chi connectivity index (χ0) is 14.8. The van der Waals surface area contributed by atoms with Gasteiger partial charge >= 0.3 is 0 Å². The van der Waals surface area contributed by atoms with Gasteiger partial charge in [0.15, 0.2) is 0 Å². The molecule has 2 heteroatoms. The average Bonchev–Trinajstić information content (AvgIpc) is 2.52. The lowest BCUT2D eigenvalue weighted by atomic mass is 9.92. The molecule has 0 aliphatic heterocycles. The lowest BCUT2D eigenvalue weighted by molar-refractivity contribution is 0.634. The summed E-state index contributed by atoms with van der Waals surface area (Å²) in [6, 6.07) is 21.3. The highest BCUT2D eigenvalue weighted by molar-refractivity contribution is 5.83. The van der Waals surface area contributed by atoms with Gasteiger partial charge in [-0.3, -0.25) is 5.84 Å². The first-order valence-corrected chi connectivity index (χ1v) is 7.21. The third kappa shape index (κ3) is 2.56. The number of benzene rings is 3. The normalized spacial score (nSPS) is 12.5. The lowest BCUT2D eigenvalue weighted by Gasteiger charge is -2.20. The summed E-state index contributed by atoms with van der Waals surface area (Å²) in [4.78, 5) is 0. The summed E-state index contributed by atoms with van der Waals surface area (Å²) >= 11 is 0. The molecule has 0 aromatic heterocycles. The van der Waals surface area contributed by atoms with Crippen molar-refractivity contribution in [3.63, 3.8) is 0 Å². The zero-order valence-electron chi connectivity index (χ0n) is 12.4. The summed E-state index contributed by atoms with van der Waals surface area (Å²) in [7, 11) is 0. The minimum absolute atomic E-state index is 0.00880. The Morgan fingerprint density at radius 1 is 0.857 bits per heavy atom. The van der Waals surface area contributed by atoms with E-state index in [9.17, 15) is 0 Å². The second-order valence-electron chi connectivity index (χ2n) is 5.50. The number of nitrogens with one attached hydrogen (secondary N) is 1. The first-order valence-electron chi connectivity index (χ1n) is 7.21. The fraction of sp³-hybridized carbons (Fsp3) is 0.158. The number of hydrogen-bond donors (Lipinski definition) is 2. The number of aryl methyl sites for hydroxylation is 1. The molecule has 106 valence electrons. The number of fused-ring (bicyclic) bond motifs is 1. The van der Waals surface area contributed by atoms with Crippen molar-refractivity contribution in [1.29, 1.82) is 0 Å². The van der Waals surface area contributed by atoms with E-state index in [1.807, 2.05) is 0 Å². The highest BCUT2D eigenvalue weighted by Gasteiger charge is 2.15. The lowest BCUT2D eigenvalue weighted by Crippen LogP contribution is -2.29. The van der Waals surface area contributed by atoms with Crippen LogP contribution in [0.2, 0.25) is 0 Å². The Kier molecular flexibility index (Phi) is 3.74. The van der Waals surface area contributed by atoms with Crippen LogP contribution in [0.4, 0.5) is 0 Å². The second kappa shape index (κ2) is 5.68. The van der Waals surface area contributed by atoms with E-state index in [-0.39, 0.29) is 6.04 Å². The minimum Gasteiger partial charge on any atom is -0.271 e. The maximum Gasteiger partial charge on any atom is 0.0712 e. The van der Waals surface area contributed by atoms with E-state index in [1.165, 1.54) is 33.0 Å². The molecule has 3 rings (SSSR count). The number of hydrazine groups is 1. The van der Waals surface area contributed by atoms with Crippen molar-refractivity contribution < 1.29 is 0 Å². The predicted molar refractivity (Wildman–Crippen MR) is 89.0 cm³/mol. The van der Waals surface area contributed by atoms with Gasteiger partial charge in [-0.15, -0.1) is 0 Å². The van der Waals surface area contributed by atoms with Gasteiger partial charge in [-0.25, -0.2) is 5.43 Å². The van der Waals surface area contributed by atoms with Crippen molar-refractivity contribution in [3.8, 4) is 0 Å². The fourth-order valence-corrected chi connectivity index (χ4v) is 2.84. The average molecular weight is 276 g/mol. The van der Waals surface area contributed by atoms with Crippen LogP contribution in [0.1, 0.15) is 28.3 Å². The largest absolute Gasteiger partial charge is 0.271 e. The Bertz CT molecular complexity index is 777. The van der Waals surface area contributed by atoms with E-state index < -0.39 is 0 Å². The van der Waals surface area contributed by atoms with Crippen LogP contribution in [0.5, 0.6) is 0 Å². The maximum atomic E-state index is 5.85. The minimum atomic E-state index is 0.00880. The number of nitrogens with two attached hydrogens (primary N) is 1. The van der Waals surface area contributed by atoms with Gasteiger partial charge < -0.3 is 0 Å². The van der Waals surface area contributed by atoms with Crippen LogP contribution in [0.25, 0.3) is 10.8 Å². The Hall–Kier alpha value is -2.16. The first-order chi connectivity index (χ1) is 10.2. The smallest absolute Gasteiger partial charge is 0.0712 e. The van der Waals surface area contributed by atoms with Crippen molar-refractivity contribution in [2.75, 3.05) is 0 Å². The molecule has 21 heavy (non-hydrogen) atoms. The molecule has 0 radical (unpaired) electrons. The van der Waals surface area contributed by atoms with E-state index >= 15 is 0 Å². The van der Waals surface area contributed by atoms with Crippen molar-refractivity contribution >= 4 is 10.8 Å². The summed E-state index contributed by atoms with van der Waals surface area (Å²) < 4.78 is 0. The van der Waals surface area contributed by atoms with Gasteiger partial charge in [-0.05, 0) is 52.9 Å². The zero-order valence-corrected chi connectivity index (χ0v) is 12.4. The maximum absolute atomic E-state index is 5.85. The molecule has 0 fully saturated rings. The molecule has 1 atom stereocenters. The van der Waals surface area contributed by atoms with Crippen LogP contribution in [0.15, 0.2) is 60.7 Å². The molecule has 0 aliphatic carbocycles. The standard InChI is InChI=1S/C19H20N2/c1-13-6-5-9-18(14(13)2)19(21-20)17-11-10-15-7-3-4-8-16(15)12-17/h3-12,19,21H,20H2,1-2H3. The molecule has 0 amide bonds. The van der Waals surface area contributed by atoms with Gasteiger partial charge in [-0.2, -0.15) is 0 Å². The van der Waals surface area contributed by atoms with E-state index in [0.29, 0.717) is 0 Å². The van der Waals surface area contributed by atoms with Gasteiger partial charge in [0.25, 0.3) is 0 Å². The van der Waals surface area contributed by atoms with Gasteiger partial charge in [-0.1, -0.05) is 54.6 Å². The van der Waals surface area contributed by atoms with Crippen molar-refractivity contribution in [1.82, 2.24) is 5.43 Å². The van der Waals surface area contributed by atoms with Crippen molar-refractivity contribution in [3.05, 3.63) is 82.9 Å². The summed E-state index contributed by atoms with van der Waals surface area (Å²) in [6.07, 6.45) is 0. The van der Waals surface area contributed by atoms with Crippen LogP contribution >= 0.6 is 0 Å². The summed E-state index contributed by atoms with van der Waals surface area (Å²) in [5.74, 6) is 5.85. The van der Waals surface area contributed by atoms with Crippen LogP contribution in [-0.2, 0) is 0 Å². The van der Waals surface area contributed by atoms with E-state index in [0.717, 1.165) is 0 Å². The highest BCUT2D eigenvalue weighted by Crippen LogP contribution is 2.28. The van der Waals surface area contributed by atoms with E-state index in [1.54, 1.807) is 0 Å².